The predicted molar refractivity (Wildman–Crippen MR) is 155 cm³/mol. The summed E-state index contributed by atoms with van der Waals surface area (Å²) in [6.45, 7) is 9.22. The van der Waals surface area contributed by atoms with Crippen molar-refractivity contribution < 1.29 is 9.90 Å². The third-order valence-corrected chi connectivity index (χ3v) is 8.29. The molecule has 0 aliphatic heterocycles. The molecule has 0 bridgehead atoms. The molecule has 0 saturated heterocycles. The summed E-state index contributed by atoms with van der Waals surface area (Å²) < 4.78 is 0. The molecule has 208 valence electrons. The summed E-state index contributed by atoms with van der Waals surface area (Å²) >= 11 is 0. The van der Waals surface area contributed by atoms with E-state index in [1.54, 1.807) is 0 Å². The van der Waals surface area contributed by atoms with Crippen LogP contribution in [0.4, 0.5) is 0 Å². The lowest BCUT2D eigenvalue weighted by atomic mass is 9.61. The molecule has 0 amide bonds. The fourth-order valence-corrected chi connectivity index (χ4v) is 5.29. The van der Waals surface area contributed by atoms with Crippen molar-refractivity contribution in [3.05, 3.63) is 12.2 Å². The van der Waals surface area contributed by atoms with Gasteiger partial charge in [-0.15, -0.1) is 0 Å². The number of carboxylic acid groups (broad SMARTS) is 1. The first-order valence-electron chi connectivity index (χ1n) is 15.4. The number of nitrogens with two attached hydrogens (primary N) is 1. The van der Waals surface area contributed by atoms with E-state index in [0.29, 0.717) is 11.8 Å². The van der Waals surface area contributed by atoms with E-state index in [0.717, 1.165) is 12.8 Å². The van der Waals surface area contributed by atoms with Crippen molar-refractivity contribution in [2.45, 2.75) is 181 Å². The van der Waals surface area contributed by atoms with E-state index in [4.69, 9.17) is 10.8 Å². The minimum Gasteiger partial charge on any atom is -0.481 e. The summed E-state index contributed by atoms with van der Waals surface area (Å²) in [4.78, 5) is 10.3. The van der Waals surface area contributed by atoms with E-state index in [9.17, 15) is 4.79 Å². The number of aliphatic carboxylic acids is 1. The van der Waals surface area contributed by atoms with E-state index in [1.807, 2.05) is 0 Å². The number of unbranched alkanes of at least 4 members (excludes halogenated alkanes) is 14. The summed E-state index contributed by atoms with van der Waals surface area (Å²) in [6.07, 6.45) is 33.3. The van der Waals surface area contributed by atoms with Crippen LogP contribution in [0.1, 0.15) is 175 Å². The maximum Gasteiger partial charge on any atom is 0.303 e. The number of carboxylic acids is 1. The van der Waals surface area contributed by atoms with Crippen LogP contribution in [0.15, 0.2) is 12.2 Å². The second kappa shape index (κ2) is 22.4. The normalized spacial score (nSPS) is 22.2. The quantitative estimate of drug-likeness (QED) is 0.131. The topological polar surface area (TPSA) is 63.3 Å². The molecule has 2 unspecified atom stereocenters. The summed E-state index contributed by atoms with van der Waals surface area (Å²) in [7, 11) is 0. The zero-order valence-electron chi connectivity index (χ0n) is 24.4. The molecule has 35 heavy (non-hydrogen) atoms. The molecule has 1 saturated carbocycles. The molecule has 2 atom stereocenters. The van der Waals surface area contributed by atoms with Crippen LogP contribution in [-0.4, -0.2) is 16.6 Å². The van der Waals surface area contributed by atoms with E-state index >= 15 is 0 Å². The molecule has 0 aromatic carbocycles. The fraction of sp³-hybridized carbons (Fsp3) is 0.906. The van der Waals surface area contributed by atoms with Crippen molar-refractivity contribution in [1.29, 1.82) is 0 Å². The summed E-state index contributed by atoms with van der Waals surface area (Å²) in [5.41, 5.74) is 6.95. The van der Waals surface area contributed by atoms with Crippen LogP contribution in [0, 0.1) is 5.41 Å². The van der Waals surface area contributed by atoms with Crippen molar-refractivity contribution in [2.24, 2.45) is 11.1 Å². The molecule has 0 radical (unpaired) electrons. The Hall–Kier alpha value is -0.830. The maximum absolute atomic E-state index is 10.3. The van der Waals surface area contributed by atoms with Gasteiger partial charge in [0, 0.05) is 12.0 Å². The molecule has 0 heterocycles. The van der Waals surface area contributed by atoms with Crippen molar-refractivity contribution >= 4 is 5.97 Å². The first-order valence-corrected chi connectivity index (χ1v) is 15.4. The van der Waals surface area contributed by atoms with E-state index in [1.165, 1.54) is 128 Å². The van der Waals surface area contributed by atoms with Gasteiger partial charge in [0.05, 0.1) is 0 Å². The molecule has 1 fully saturated rings. The van der Waals surface area contributed by atoms with E-state index in [2.05, 4.69) is 39.8 Å². The molecule has 1 aliphatic rings. The number of hydrogen-bond acceptors (Lipinski definition) is 2. The Morgan fingerprint density at radius 3 is 1.69 bits per heavy atom. The van der Waals surface area contributed by atoms with Gasteiger partial charge in [0.2, 0.25) is 0 Å². The minimum absolute atomic E-state index is 0.0808. The highest BCUT2D eigenvalue weighted by molar-refractivity contribution is 5.66. The third kappa shape index (κ3) is 19.0. The van der Waals surface area contributed by atoms with Gasteiger partial charge < -0.3 is 10.8 Å². The standard InChI is InChI=1S/C18H34O2.C14H29N/c1-2-3-4-5-6-7-8-9-10-11-12-13-14-15-16-17-18(19)20;1-4-5-6-7-10-13(2)11-8-9-12-14(13,3)15/h9-10H,2-8,11-17H2,1H3,(H,19,20);4-12,15H2,1-3H3. The Kier molecular flexibility index (Phi) is 21.8. The van der Waals surface area contributed by atoms with Crippen molar-refractivity contribution in [2.75, 3.05) is 0 Å². The number of allylic oxidation sites excluding steroid dienone is 2. The van der Waals surface area contributed by atoms with Crippen LogP contribution in [0.3, 0.4) is 0 Å². The Bertz CT molecular complexity index is 514. The molecule has 0 aromatic rings. The van der Waals surface area contributed by atoms with Crippen LogP contribution >= 0.6 is 0 Å². The first kappa shape index (κ1) is 34.2. The molecule has 3 nitrogen and oxygen atoms in total. The van der Waals surface area contributed by atoms with Crippen molar-refractivity contribution in [1.82, 2.24) is 0 Å². The van der Waals surface area contributed by atoms with Crippen LogP contribution in [-0.2, 0) is 4.79 Å². The van der Waals surface area contributed by atoms with Crippen LogP contribution < -0.4 is 5.73 Å². The first-order chi connectivity index (χ1) is 16.8. The lowest BCUT2D eigenvalue weighted by molar-refractivity contribution is -0.137. The smallest absolute Gasteiger partial charge is 0.303 e. The van der Waals surface area contributed by atoms with Crippen LogP contribution in [0.5, 0.6) is 0 Å². The maximum atomic E-state index is 10.3. The summed E-state index contributed by atoms with van der Waals surface area (Å²) in [5, 5.41) is 8.51. The zero-order chi connectivity index (χ0) is 26.3. The molecule has 1 aliphatic carbocycles. The summed E-state index contributed by atoms with van der Waals surface area (Å²) in [6, 6.07) is 0. The zero-order valence-corrected chi connectivity index (χ0v) is 24.4. The van der Waals surface area contributed by atoms with Gasteiger partial charge in [-0.05, 0) is 63.7 Å². The Morgan fingerprint density at radius 1 is 0.714 bits per heavy atom. The number of hydrogen-bond donors (Lipinski definition) is 2. The molecule has 0 spiro atoms. The highest BCUT2D eigenvalue weighted by Crippen LogP contribution is 2.45. The SMILES string of the molecule is CCCCCCC1(C)CCCCC1(C)N.CCCCCCCCC=CCCCCCCCC(=O)O. The number of rotatable bonds is 20. The van der Waals surface area contributed by atoms with Gasteiger partial charge in [-0.1, -0.05) is 123 Å². The Balaban J connectivity index is 0.000000686. The number of carbonyl (C=O) groups is 1. The van der Waals surface area contributed by atoms with E-state index < -0.39 is 5.97 Å². The lowest BCUT2D eigenvalue weighted by Crippen LogP contribution is -2.53. The highest BCUT2D eigenvalue weighted by atomic mass is 16.4. The fourth-order valence-electron chi connectivity index (χ4n) is 5.29. The van der Waals surface area contributed by atoms with Gasteiger partial charge in [0.15, 0.2) is 0 Å². The summed E-state index contributed by atoms with van der Waals surface area (Å²) in [5.74, 6) is -0.664. The largest absolute Gasteiger partial charge is 0.481 e. The van der Waals surface area contributed by atoms with Gasteiger partial charge in [0.25, 0.3) is 0 Å². The molecular weight excluding hydrogens is 430 g/mol. The van der Waals surface area contributed by atoms with Crippen molar-refractivity contribution in [3.63, 3.8) is 0 Å². The van der Waals surface area contributed by atoms with Gasteiger partial charge in [-0.2, -0.15) is 0 Å². The van der Waals surface area contributed by atoms with Gasteiger partial charge >= 0.3 is 5.97 Å². The average molecular weight is 494 g/mol. The second-order valence-corrected chi connectivity index (χ2v) is 11.7. The van der Waals surface area contributed by atoms with Gasteiger partial charge in [0.1, 0.15) is 0 Å². The van der Waals surface area contributed by atoms with Crippen LogP contribution in [0.25, 0.3) is 0 Å². The molecule has 3 N–H and O–H groups in total. The molecule has 0 aromatic heterocycles. The Labute approximate surface area is 220 Å². The average Bonchev–Trinajstić information content (AvgIpc) is 2.82. The van der Waals surface area contributed by atoms with E-state index in [-0.39, 0.29) is 5.54 Å². The predicted octanol–water partition coefficient (Wildman–Crippen LogP) is 10.4. The third-order valence-electron chi connectivity index (χ3n) is 8.29. The molecule has 3 heteroatoms. The lowest BCUT2D eigenvalue weighted by Gasteiger charge is -2.48. The highest BCUT2D eigenvalue weighted by Gasteiger charge is 2.42. The van der Waals surface area contributed by atoms with Crippen LogP contribution in [0.2, 0.25) is 0 Å². The van der Waals surface area contributed by atoms with Gasteiger partial charge in [-0.25, -0.2) is 0 Å². The Morgan fingerprint density at radius 2 is 1.17 bits per heavy atom. The molecule has 1 rings (SSSR count). The minimum atomic E-state index is -0.664. The van der Waals surface area contributed by atoms with Gasteiger partial charge in [-0.3, -0.25) is 4.79 Å². The monoisotopic (exact) mass is 493 g/mol. The van der Waals surface area contributed by atoms with Crippen molar-refractivity contribution in [3.8, 4) is 0 Å². The molecular formula is C32H63NO2. The second-order valence-electron chi connectivity index (χ2n) is 11.7.